The van der Waals surface area contributed by atoms with Crippen molar-refractivity contribution in [3.8, 4) is 0 Å². The van der Waals surface area contributed by atoms with E-state index < -0.39 is 5.51 Å². The van der Waals surface area contributed by atoms with Crippen molar-refractivity contribution < 1.29 is 13.2 Å². The number of benzene rings is 1. The maximum absolute atomic E-state index is 12.2. The van der Waals surface area contributed by atoms with Crippen LogP contribution >= 0.6 is 11.8 Å². The number of nitrogens with one attached hydrogen (secondary N) is 1. The molecule has 1 heterocycles. The Balaban J connectivity index is 1.90. The fourth-order valence-electron chi connectivity index (χ4n) is 1.77. The van der Waals surface area contributed by atoms with Crippen molar-refractivity contribution in [3.05, 3.63) is 48.3 Å². The molecule has 108 valence electrons. The monoisotopic (exact) mass is 300 g/mol. The number of alkyl halides is 3. The number of anilines is 1. The first kappa shape index (κ1) is 14.8. The van der Waals surface area contributed by atoms with Gasteiger partial charge in [-0.25, -0.2) is 0 Å². The summed E-state index contributed by atoms with van der Waals surface area (Å²) in [6.45, 7) is 3.64. The number of thioether (sulfide) groups is 1. The minimum atomic E-state index is -4.24. The van der Waals surface area contributed by atoms with E-state index >= 15 is 0 Å². The third kappa shape index (κ3) is 4.52. The van der Waals surface area contributed by atoms with Crippen molar-refractivity contribution in [1.82, 2.24) is 4.57 Å². The number of hydrogen-bond acceptors (Lipinski definition) is 2. The van der Waals surface area contributed by atoms with Crippen LogP contribution in [0.15, 0.2) is 47.6 Å². The Morgan fingerprint density at radius 3 is 2.40 bits per heavy atom. The van der Waals surface area contributed by atoms with E-state index in [1.54, 1.807) is 12.1 Å². The summed E-state index contributed by atoms with van der Waals surface area (Å²) in [5.74, 6) is 0. The average Bonchev–Trinajstić information content (AvgIpc) is 2.84. The van der Waals surface area contributed by atoms with E-state index in [1.165, 1.54) is 12.1 Å². The van der Waals surface area contributed by atoms with Gasteiger partial charge in [0.1, 0.15) is 0 Å². The maximum Gasteiger partial charge on any atom is 0.446 e. The molecule has 0 saturated heterocycles. The lowest BCUT2D eigenvalue weighted by Gasteiger charge is -2.08. The number of rotatable bonds is 5. The average molecular weight is 300 g/mol. The van der Waals surface area contributed by atoms with Gasteiger partial charge in [-0.3, -0.25) is 0 Å². The molecule has 0 saturated carbocycles. The Bertz CT molecular complexity index is 546. The predicted octanol–water partition coefficient (Wildman–Crippen LogP) is 4.73. The second kappa shape index (κ2) is 6.26. The summed E-state index contributed by atoms with van der Waals surface area (Å²) in [6, 6.07) is 8.27. The zero-order valence-corrected chi connectivity index (χ0v) is 11.8. The highest BCUT2D eigenvalue weighted by Crippen LogP contribution is 2.37. The van der Waals surface area contributed by atoms with Gasteiger partial charge in [0.25, 0.3) is 0 Å². The van der Waals surface area contributed by atoms with Crippen LogP contribution in [0.1, 0.15) is 12.5 Å². The largest absolute Gasteiger partial charge is 0.446 e. The fourth-order valence-corrected chi connectivity index (χ4v) is 2.31. The smallest absolute Gasteiger partial charge is 0.381 e. The number of aryl methyl sites for hydroxylation is 1. The molecule has 6 heteroatoms. The molecule has 0 aliphatic carbocycles. The Kier molecular flexibility index (Phi) is 4.65. The summed E-state index contributed by atoms with van der Waals surface area (Å²) in [4.78, 5) is 0.195. The molecule has 0 amide bonds. The van der Waals surface area contributed by atoms with E-state index in [4.69, 9.17) is 0 Å². The zero-order chi connectivity index (χ0) is 14.6. The van der Waals surface area contributed by atoms with Crippen molar-refractivity contribution in [2.24, 2.45) is 0 Å². The van der Waals surface area contributed by atoms with E-state index in [0.29, 0.717) is 6.54 Å². The van der Waals surface area contributed by atoms with Gasteiger partial charge in [0, 0.05) is 36.1 Å². The first-order valence-corrected chi connectivity index (χ1v) is 7.02. The normalized spacial score (nSPS) is 11.6. The topological polar surface area (TPSA) is 17.0 Å². The summed E-state index contributed by atoms with van der Waals surface area (Å²) in [6.07, 6.45) is 4.04. The molecule has 0 radical (unpaired) electrons. The van der Waals surface area contributed by atoms with Crippen LogP contribution in [0.5, 0.6) is 0 Å². The minimum absolute atomic E-state index is 0.101. The Morgan fingerprint density at radius 2 is 1.85 bits per heavy atom. The number of halogens is 3. The van der Waals surface area contributed by atoms with Crippen LogP contribution in [0, 0.1) is 0 Å². The standard InChI is InChI=1S/C14H15F3N2S/c1-2-19-8-7-11(10-19)9-18-12-3-5-13(6-4-12)20-14(15,16)17/h3-8,10,18H,2,9H2,1H3. The van der Waals surface area contributed by atoms with Crippen LogP contribution in [0.25, 0.3) is 0 Å². The number of aromatic nitrogens is 1. The lowest BCUT2D eigenvalue weighted by atomic mass is 10.3. The second-order valence-electron chi connectivity index (χ2n) is 4.28. The summed E-state index contributed by atoms with van der Waals surface area (Å²) < 4.78 is 38.6. The molecule has 1 aromatic carbocycles. The first-order chi connectivity index (χ1) is 9.46. The highest BCUT2D eigenvalue weighted by Gasteiger charge is 2.28. The lowest BCUT2D eigenvalue weighted by molar-refractivity contribution is -0.0328. The third-order valence-corrected chi connectivity index (χ3v) is 3.50. The molecule has 0 atom stereocenters. The molecule has 2 rings (SSSR count). The predicted molar refractivity (Wildman–Crippen MR) is 75.8 cm³/mol. The second-order valence-corrected chi connectivity index (χ2v) is 5.41. The molecule has 1 N–H and O–H groups in total. The van der Waals surface area contributed by atoms with Crippen molar-refractivity contribution in [2.45, 2.75) is 30.4 Å². The van der Waals surface area contributed by atoms with Gasteiger partial charge in [-0.05, 0) is 54.6 Å². The molecule has 2 nitrogen and oxygen atoms in total. The molecule has 0 unspecified atom stereocenters. The van der Waals surface area contributed by atoms with Gasteiger partial charge in [0.05, 0.1) is 0 Å². The molecule has 20 heavy (non-hydrogen) atoms. The molecular formula is C14H15F3N2S. The summed E-state index contributed by atoms with van der Waals surface area (Å²) in [5, 5.41) is 3.18. The van der Waals surface area contributed by atoms with Crippen LogP contribution in [0.2, 0.25) is 0 Å². The van der Waals surface area contributed by atoms with Crippen molar-refractivity contribution in [2.75, 3.05) is 5.32 Å². The molecule has 0 spiro atoms. The van der Waals surface area contributed by atoms with Crippen LogP contribution in [-0.4, -0.2) is 10.1 Å². The number of nitrogens with zero attached hydrogens (tertiary/aromatic N) is 1. The molecular weight excluding hydrogens is 285 g/mol. The van der Waals surface area contributed by atoms with Crippen molar-refractivity contribution >= 4 is 17.4 Å². The van der Waals surface area contributed by atoms with E-state index in [9.17, 15) is 13.2 Å². The van der Waals surface area contributed by atoms with E-state index in [1.807, 2.05) is 18.5 Å². The Labute approximate surface area is 120 Å². The van der Waals surface area contributed by atoms with Gasteiger partial charge in [-0.1, -0.05) is 0 Å². The van der Waals surface area contributed by atoms with Crippen molar-refractivity contribution in [1.29, 1.82) is 0 Å². The highest BCUT2D eigenvalue weighted by molar-refractivity contribution is 8.00. The first-order valence-electron chi connectivity index (χ1n) is 6.20. The molecule has 2 aromatic rings. The van der Waals surface area contributed by atoms with E-state index in [2.05, 4.69) is 16.8 Å². The lowest BCUT2D eigenvalue weighted by Crippen LogP contribution is -2.00. The number of hydrogen-bond donors (Lipinski definition) is 1. The molecule has 1 aromatic heterocycles. The molecule has 0 fully saturated rings. The zero-order valence-electron chi connectivity index (χ0n) is 10.9. The SMILES string of the molecule is CCn1ccc(CNc2ccc(SC(F)(F)F)cc2)c1. The maximum atomic E-state index is 12.2. The molecule has 0 bridgehead atoms. The van der Waals surface area contributed by atoms with Gasteiger partial charge < -0.3 is 9.88 Å². The van der Waals surface area contributed by atoms with Crippen LogP contribution < -0.4 is 5.32 Å². The van der Waals surface area contributed by atoms with E-state index in [0.717, 1.165) is 17.8 Å². The summed E-state index contributed by atoms with van der Waals surface area (Å²) >= 11 is -0.101. The highest BCUT2D eigenvalue weighted by atomic mass is 32.2. The van der Waals surface area contributed by atoms with Gasteiger partial charge in [0.2, 0.25) is 0 Å². The summed E-state index contributed by atoms with van der Waals surface area (Å²) in [7, 11) is 0. The third-order valence-electron chi connectivity index (χ3n) is 2.76. The van der Waals surface area contributed by atoms with Gasteiger partial charge in [-0.2, -0.15) is 13.2 Å². The fraction of sp³-hybridized carbons (Fsp3) is 0.286. The van der Waals surface area contributed by atoms with E-state index in [-0.39, 0.29) is 16.7 Å². The van der Waals surface area contributed by atoms with Gasteiger partial charge in [0.15, 0.2) is 0 Å². The minimum Gasteiger partial charge on any atom is -0.381 e. The Morgan fingerprint density at radius 1 is 1.15 bits per heavy atom. The van der Waals surface area contributed by atoms with Crippen LogP contribution in [-0.2, 0) is 13.1 Å². The van der Waals surface area contributed by atoms with Gasteiger partial charge in [-0.15, -0.1) is 0 Å². The quantitative estimate of drug-likeness (QED) is 0.804. The van der Waals surface area contributed by atoms with Crippen LogP contribution in [0.4, 0.5) is 18.9 Å². The van der Waals surface area contributed by atoms with Crippen molar-refractivity contribution in [3.63, 3.8) is 0 Å². The Hall–Kier alpha value is -1.56. The summed E-state index contributed by atoms with van der Waals surface area (Å²) in [5.41, 5.74) is -2.29. The molecule has 0 aliphatic heterocycles. The van der Waals surface area contributed by atoms with Crippen LogP contribution in [0.3, 0.4) is 0 Å². The van der Waals surface area contributed by atoms with Gasteiger partial charge >= 0.3 is 5.51 Å². The molecule has 0 aliphatic rings.